The van der Waals surface area contributed by atoms with Crippen molar-refractivity contribution in [3.63, 3.8) is 0 Å². The maximum atomic E-state index is 11.4. The molecule has 3 nitrogen and oxygen atoms in total. The van der Waals surface area contributed by atoms with Gasteiger partial charge >= 0.3 is 0 Å². The average Bonchev–Trinajstić information content (AvgIpc) is 2.62. The number of carbonyl (C=O) groups is 1. The Balaban J connectivity index is 2.37. The lowest BCUT2D eigenvalue weighted by atomic mass is 10.2. The summed E-state index contributed by atoms with van der Waals surface area (Å²) >= 11 is 7.10. The van der Waals surface area contributed by atoms with Gasteiger partial charge in [-0.1, -0.05) is 13.8 Å². The van der Waals surface area contributed by atoms with Gasteiger partial charge in [0.25, 0.3) is 0 Å². The Morgan fingerprint density at radius 2 is 2.40 bits per heavy atom. The standard InChI is InChI=1S/C10H15ClN2OS/c1-7(2)5-12-9(14)3-10-13-8(4-11)6-15-10/h6-7H,3-5H2,1-2H3,(H,12,14). The molecule has 1 rings (SSSR count). The van der Waals surface area contributed by atoms with Crippen LogP contribution in [-0.4, -0.2) is 17.4 Å². The molecule has 0 fully saturated rings. The SMILES string of the molecule is CC(C)CNC(=O)Cc1nc(CCl)cs1. The maximum absolute atomic E-state index is 11.4. The summed E-state index contributed by atoms with van der Waals surface area (Å²) in [5.41, 5.74) is 0.841. The molecule has 1 aromatic rings. The van der Waals surface area contributed by atoms with E-state index in [9.17, 15) is 4.79 Å². The number of thiazole rings is 1. The van der Waals surface area contributed by atoms with Crippen LogP contribution in [0.15, 0.2) is 5.38 Å². The molecule has 0 unspecified atom stereocenters. The second kappa shape index (κ2) is 6.08. The van der Waals surface area contributed by atoms with Gasteiger partial charge in [-0.15, -0.1) is 22.9 Å². The van der Waals surface area contributed by atoms with Crippen molar-refractivity contribution in [1.29, 1.82) is 0 Å². The summed E-state index contributed by atoms with van der Waals surface area (Å²) in [5.74, 6) is 0.909. The zero-order chi connectivity index (χ0) is 11.3. The van der Waals surface area contributed by atoms with Crippen LogP contribution in [0.3, 0.4) is 0 Å². The van der Waals surface area contributed by atoms with Crippen LogP contribution in [0.5, 0.6) is 0 Å². The third kappa shape index (κ3) is 4.62. The molecule has 1 amide bonds. The molecule has 0 atom stereocenters. The summed E-state index contributed by atoms with van der Waals surface area (Å²) in [6, 6.07) is 0. The highest BCUT2D eigenvalue weighted by atomic mass is 35.5. The number of carbonyl (C=O) groups excluding carboxylic acids is 1. The summed E-state index contributed by atoms with van der Waals surface area (Å²) in [5, 5.41) is 5.57. The number of rotatable bonds is 5. The molecular weight excluding hydrogens is 232 g/mol. The van der Waals surface area contributed by atoms with E-state index in [-0.39, 0.29) is 5.91 Å². The topological polar surface area (TPSA) is 42.0 Å². The van der Waals surface area contributed by atoms with Crippen molar-refractivity contribution >= 4 is 28.8 Å². The highest BCUT2D eigenvalue weighted by Gasteiger charge is 2.07. The summed E-state index contributed by atoms with van der Waals surface area (Å²) < 4.78 is 0. The molecule has 0 spiro atoms. The number of halogens is 1. The molecule has 0 bridgehead atoms. The Morgan fingerprint density at radius 1 is 1.67 bits per heavy atom. The van der Waals surface area contributed by atoms with E-state index in [0.717, 1.165) is 10.7 Å². The highest BCUT2D eigenvalue weighted by molar-refractivity contribution is 7.09. The number of nitrogens with one attached hydrogen (secondary N) is 1. The van der Waals surface area contributed by atoms with E-state index in [4.69, 9.17) is 11.6 Å². The van der Waals surface area contributed by atoms with Gasteiger partial charge in [0, 0.05) is 11.9 Å². The van der Waals surface area contributed by atoms with Gasteiger partial charge in [-0.05, 0) is 5.92 Å². The average molecular weight is 247 g/mol. The molecule has 1 aromatic heterocycles. The largest absolute Gasteiger partial charge is 0.355 e. The van der Waals surface area contributed by atoms with E-state index in [0.29, 0.717) is 24.8 Å². The first-order chi connectivity index (χ1) is 7.11. The Hall–Kier alpha value is -0.610. The van der Waals surface area contributed by atoms with Crippen molar-refractivity contribution in [1.82, 2.24) is 10.3 Å². The molecule has 0 aliphatic carbocycles. The Bertz CT molecular complexity index is 325. The molecule has 84 valence electrons. The van der Waals surface area contributed by atoms with Crippen molar-refractivity contribution in [2.75, 3.05) is 6.54 Å². The molecule has 0 radical (unpaired) electrons. The van der Waals surface area contributed by atoms with Gasteiger partial charge in [-0.25, -0.2) is 4.98 Å². The summed E-state index contributed by atoms with van der Waals surface area (Å²) in [4.78, 5) is 15.7. The number of hydrogen-bond donors (Lipinski definition) is 1. The molecule has 15 heavy (non-hydrogen) atoms. The predicted octanol–water partition coefficient (Wildman–Crippen LogP) is 2.20. The van der Waals surface area contributed by atoms with E-state index in [1.807, 2.05) is 5.38 Å². The fourth-order valence-corrected chi connectivity index (χ4v) is 2.03. The van der Waals surface area contributed by atoms with E-state index in [1.54, 1.807) is 0 Å². The number of aromatic nitrogens is 1. The van der Waals surface area contributed by atoms with Crippen molar-refractivity contribution in [3.05, 3.63) is 16.1 Å². The van der Waals surface area contributed by atoms with Crippen LogP contribution in [0.1, 0.15) is 24.5 Å². The van der Waals surface area contributed by atoms with Crippen LogP contribution < -0.4 is 5.32 Å². The second-order valence-electron chi connectivity index (χ2n) is 3.74. The van der Waals surface area contributed by atoms with Crippen LogP contribution in [0.2, 0.25) is 0 Å². The Morgan fingerprint density at radius 3 is 2.93 bits per heavy atom. The number of alkyl halides is 1. The number of nitrogens with zero attached hydrogens (tertiary/aromatic N) is 1. The van der Waals surface area contributed by atoms with Crippen LogP contribution in [0.25, 0.3) is 0 Å². The van der Waals surface area contributed by atoms with E-state index in [2.05, 4.69) is 24.1 Å². The van der Waals surface area contributed by atoms with Crippen molar-refractivity contribution in [2.45, 2.75) is 26.1 Å². The molecule has 0 aliphatic heterocycles. The first-order valence-corrected chi connectivity index (χ1v) is 6.29. The lowest BCUT2D eigenvalue weighted by Crippen LogP contribution is -2.28. The van der Waals surface area contributed by atoms with Gasteiger partial charge < -0.3 is 5.32 Å². The lowest BCUT2D eigenvalue weighted by Gasteiger charge is -2.05. The number of hydrogen-bond acceptors (Lipinski definition) is 3. The minimum Gasteiger partial charge on any atom is -0.355 e. The third-order valence-electron chi connectivity index (χ3n) is 1.76. The van der Waals surface area contributed by atoms with Crippen molar-refractivity contribution in [3.8, 4) is 0 Å². The minimum atomic E-state index is 0.0270. The fraction of sp³-hybridized carbons (Fsp3) is 0.600. The van der Waals surface area contributed by atoms with Crippen molar-refractivity contribution in [2.24, 2.45) is 5.92 Å². The van der Waals surface area contributed by atoms with E-state index in [1.165, 1.54) is 11.3 Å². The van der Waals surface area contributed by atoms with Crippen molar-refractivity contribution < 1.29 is 4.79 Å². The van der Waals surface area contributed by atoms with Gasteiger partial charge in [0.05, 0.1) is 18.0 Å². The normalized spacial score (nSPS) is 10.7. The molecule has 0 saturated carbocycles. The summed E-state index contributed by atoms with van der Waals surface area (Å²) in [7, 11) is 0. The van der Waals surface area contributed by atoms with Crippen LogP contribution in [0.4, 0.5) is 0 Å². The molecule has 0 aromatic carbocycles. The zero-order valence-corrected chi connectivity index (χ0v) is 10.5. The highest BCUT2D eigenvalue weighted by Crippen LogP contribution is 2.11. The first kappa shape index (κ1) is 12.5. The van der Waals surface area contributed by atoms with Crippen LogP contribution in [-0.2, 0) is 17.1 Å². The first-order valence-electron chi connectivity index (χ1n) is 4.87. The van der Waals surface area contributed by atoms with Gasteiger partial charge in [0.15, 0.2) is 0 Å². The molecular formula is C10H15ClN2OS. The van der Waals surface area contributed by atoms with Gasteiger partial charge in [0.1, 0.15) is 5.01 Å². The lowest BCUT2D eigenvalue weighted by molar-refractivity contribution is -0.120. The third-order valence-corrected chi connectivity index (χ3v) is 2.93. The van der Waals surface area contributed by atoms with Gasteiger partial charge in [-0.2, -0.15) is 0 Å². The summed E-state index contributed by atoms with van der Waals surface area (Å²) in [6.45, 7) is 4.84. The molecule has 1 N–H and O–H groups in total. The minimum absolute atomic E-state index is 0.0270. The molecule has 0 aliphatic rings. The van der Waals surface area contributed by atoms with E-state index < -0.39 is 0 Å². The van der Waals surface area contributed by atoms with Gasteiger partial charge in [0.2, 0.25) is 5.91 Å². The number of amides is 1. The Labute approximate surface area is 98.9 Å². The molecule has 5 heteroatoms. The monoisotopic (exact) mass is 246 g/mol. The second-order valence-corrected chi connectivity index (χ2v) is 4.95. The maximum Gasteiger partial charge on any atom is 0.226 e. The quantitative estimate of drug-likeness (QED) is 0.810. The zero-order valence-electron chi connectivity index (χ0n) is 8.92. The van der Waals surface area contributed by atoms with E-state index >= 15 is 0 Å². The Kier molecular flexibility index (Phi) is 5.05. The predicted molar refractivity (Wildman–Crippen MR) is 63.2 cm³/mol. The molecule has 1 heterocycles. The smallest absolute Gasteiger partial charge is 0.226 e. The fourth-order valence-electron chi connectivity index (χ4n) is 1.01. The summed E-state index contributed by atoms with van der Waals surface area (Å²) in [6.07, 6.45) is 0.355. The molecule has 0 saturated heterocycles. The van der Waals surface area contributed by atoms with Crippen LogP contribution >= 0.6 is 22.9 Å². The van der Waals surface area contributed by atoms with Gasteiger partial charge in [-0.3, -0.25) is 4.79 Å². The van der Waals surface area contributed by atoms with Crippen LogP contribution in [0, 0.1) is 5.92 Å².